The molecule has 0 aliphatic carbocycles. The lowest BCUT2D eigenvalue weighted by Gasteiger charge is -2.46. The monoisotopic (exact) mass is 277 g/mol. The Labute approximate surface area is 120 Å². The predicted molar refractivity (Wildman–Crippen MR) is 78.2 cm³/mol. The highest BCUT2D eigenvalue weighted by Crippen LogP contribution is 2.22. The number of rotatable bonds is 4. The highest BCUT2D eigenvalue weighted by Gasteiger charge is 2.33. The van der Waals surface area contributed by atoms with Crippen molar-refractivity contribution >= 4 is 5.95 Å². The van der Waals surface area contributed by atoms with Crippen LogP contribution in [0.15, 0.2) is 12.3 Å². The molecule has 0 saturated carbocycles. The first-order valence-electron chi connectivity index (χ1n) is 7.42. The van der Waals surface area contributed by atoms with Gasteiger partial charge >= 0.3 is 0 Å². The normalized spacial score (nSPS) is 21.1. The topological polar surface area (TPSA) is 53.5 Å². The SMILES string of the molecule is CC(C)Oc1ccnc(N2CC(N3CCNCC3)C2)n1. The fraction of sp³-hybridized carbons (Fsp3) is 0.714. The number of piperazine rings is 1. The van der Waals surface area contributed by atoms with Gasteiger partial charge in [0, 0.05) is 57.6 Å². The van der Waals surface area contributed by atoms with Gasteiger partial charge < -0.3 is 15.0 Å². The zero-order valence-electron chi connectivity index (χ0n) is 12.2. The molecule has 3 heterocycles. The van der Waals surface area contributed by atoms with Gasteiger partial charge in [-0.15, -0.1) is 0 Å². The summed E-state index contributed by atoms with van der Waals surface area (Å²) >= 11 is 0. The Balaban J connectivity index is 1.56. The van der Waals surface area contributed by atoms with Gasteiger partial charge in [0.2, 0.25) is 11.8 Å². The van der Waals surface area contributed by atoms with Crippen LogP contribution in [-0.2, 0) is 0 Å². The lowest BCUT2D eigenvalue weighted by Crippen LogP contribution is -2.63. The largest absolute Gasteiger partial charge is 0.475 e. The third-order valence-corrected chi connectivity index (χ3v) is 3.79. The first-order valence-corrected chi connectivity index (χ1v) is 7.42. The van der Waals surface area contributed by atoms with Crippen LogP contribution in [0.1, 0.15) is 13.8 Å². The van der Waals surface area contributed by atoms with E-state index in [1.807, 2.05) is 19.9 Å². The number of nitrogens with one attached hydrogen (secondary N) is 1. The molecule has 0 aromatic carbocycles. The second-order valence-corrected chi connectivity index (χ2v) is 5.71. The van der Waals surface area contributed by atoms with Crippen molar-refractivity contribution in [2.24, 2.45) is 0 Å². The summed E-state index contributed by atoms with van der Waals surface area (Å²) in [5, 5.41) is 3.39. The van der Waals surface area contributed by atoms with Crippen LogP contribution in [0.5, 0.6) is 5.88 Å². The summed E-state index contributed by atoms with van der Waals surface area (Å²) in [6.45, 7) is 10.6. The van der Waals surface area contributed by atoms with E-state index >= 15 is 0 Å². The summed E-state index contributed by atoms with van der Waals surface area (Å²) in [5.41, 5.74) is 0. The van der Waals surface area contributed by atoms with Gasteiger partial charge in [0.1, 0.15) is 0 Å². The van der Waals surface area contributed by atoms with Crippen molar-refractivity contribution in [3.05, 3.63) is 12.3 Å². The van der Waals surface area contributed by atoms with Crippen molar-refractivity contribution in [3.63, 3.8) is 0 Å². The Kier molecular flexibility index (Phi) is 4.03. The summed E-state index contributed by atoms with van der Waals surface area (Å²) in [4.78, 5) is 13.6. The highest BCUT2D eigenvalue weighted by atomic mass is 16.5. The van der Waals surface area contributed by atoms with Crippen LogP contribution in [0.4, 0.5) is 5.95 Å². The van der Waals surface area contributed by atoms with E-state index in [1.54, 1.807) is 6.20 Å². The maximum atomic E-state index is 5.62. The quantitative estimate of drug-likeness (QED) is 0.857. The van der Waals surface area contributed by atoms with Gasteiger partial charge in [0.25, 0.3) is 0 Å². The molecule has 2 saturated heterocycles. The number of hydrogen-bond donors (Lipinski definition) is 1. The van der Waals surface area contributed by atoms with E-state index in [0.29, 0.717) is 11.9 Å². The van der Waals surface area contributed by atoms with Gasteiger partial charge in [-0.25, -0.2) is 4.98 Å². The van der Waals surface area contributed by atoms with Crippen LogP contribution in [0.3, 0.4) is 0 Å². The van der Waals surface area contributed by atoms with Crippen LogP contribution in [-0.4, -0.2) is 66.3 Å². The second kappa shape index (κ2) is 5.93. The van der Waals surface area contributed by atoms with E-state index in [9.17, 15) is 0 Å². The van der Waals surface area contributed by atoms with Gasteiger partial charge in [0.05, 0.1) is 6.10 Å². The van der Waals surface area contributed by atoms with Gasteiger partial charge in [-0.3, -0.25) is 4.90 Å². The maximum Gasteiger partial charge on any atom is 0.228 e. The van der Waals surface area contributed by atoms with E-state index in [-0.39, 0.29) is 6.10 Å². The molecular formula is C14H23N5O. The summed E-state index contributed by atoms with van der Waals surface area (Å²) < 4.78 is 5.62. The molecule has 2 aliphatic rings. The Bertz CT molecular complexity index is 441. The maximum absolute atomic E-state index is 5.62. The molecule has 1 aromatic rings. The molecule has 1 N–H and O–H groups in total. The molecule has 0 unspecified atom stereocenters. The molecule has 0 spiro atoms. The molecule has 6 nitrogen and oxygen atoms in total. The molecule has 20 heavy (non-hydrogen) atoms. The smallest absolute Gasteiger partial charge is 0.228 e. The van der Waals surface area contributed by atoms with Gasteiger partial charge in [-0.05, 0) is 13.8 Å². The van der Waals surface area contributed by atoms with Crippen LogP contribution in [0, 0.1) is 0 Å². The van der Waals surface area contributed by atoms with Crippen LogP contribution >= 0.6 is 0 Å². The van der Waals surface area contributed by atoms with Crippen molar-refractivity contribution in [1.82, 2.24) is 20.2 Å². The minimum atomic E-state index is 0.141. The van der Waals surface area contributed by atoms with E-state index in [2.05, 4.69) is 25.1 Å². The molecule has 3 rings (SSSR count). The third kappa shape index (κ3) is 3.02. The van der Waals surface area contributed by atoms with E-state index in [1.165, 1.54) is 0 Å². The molecule has 0 radical (unpaired) electrons. The Morgan fingerprint density at radius 2 is 2.05 bits per heavy atom. The standard InChI is InChI=1S/C14H23N5O/c1-11(2)20-13-3-4-16-14(17-13)19-9-12(10-19)18-7-5-15-6-8-18/h3-4,11-12,15H,5-10H2,1-2H3. The molecular weight excluding hydrogens is 254 g/mol. The fourth-order valence-corrected chi connectivity index (χ4v) is 2.69. The number of anilines is 1. The molecule has 1 aromatic heterocycles. The van der Waals surface area contributed by atoms with E-state index in [4.69, 9.17) is 4.74 Å². The number of ether oxygens (including phenoxy) is 1. The molecule has 110 valence electrons. The molecule has 0 amide bonds. The van der Waals surface area contributed by atoms with Crippen LogP contribution in [0.2, 0.25) is 0 Å². The van der Waals surface area contributed by atoms with Crippen molar-refractivity contribution in [3.8, 4) is 5.88 Å². The molecule has 0 atom stereocenters. The average molecular weight is 277 g/mol. The minimum Gasteiger partial charge on any atom is -0.475 e. The highest BCUT2D eigenvalue weighted by molar-refractivity contribution is 5.37. The third-order valence-electron chi connectivity index (χ3n) is 3.79. The molecule has 2 aliphatic heterocycles. The lowest BCUT2D eigenvalue weighted by molar-refractivity contribution is 0.146. The van der Waals surface area contributed by atoms with Crippen LogP contribution in [0.25, 0.3) is 0 Å². The summed E-state index contributed by atoms with van der Waals surface area (Å²) in [5.74, 6) is 1.45. The molecule has 2 fully saturated rings. The first kappa shape index (κ1) is 13.6. The summed E-state index contributed by atoms with van der Waals surface area (Å²) in [6.07, 6.45) is 1.92. The van der Waals surface area contributed by atoms with Crippen molar-refractivity contribution in [1.29, 1.82) is 0 Å². The Morgan fingerprint density at radius 3 is 2.75 bits per heavy atom. The second-order valence-electron chi connectivity index (χ2n) is 5.71. The predicted octanol–water partition coefficient (Wildman–Crippen LogP) is 0.358. The number of nitrogens with zero attached hydrogens (tertiary/aromatic N) is 4. The van der Waals surface area contributed by atoms with Crippen molar-refractivity contribution in [2.75, 3.05) is 44.2 Å². The minimum absolute atomic E-state index is 0.141. The summed E-state index contributed by atoms with van der Waals surface area (Å²) in [6, 6.07) is 2.47. The zero-order chi connectivity index (χ0) is 13.9. The van der Waals surface area contributed by atoms with Crippen molar-refractivity contribution < 1.29 is 4.74 Å². The van der Waals surface area contributed by atoms with Gasteiger partial charge in [-0.2, -0.15) is 4.98 Å². The number of aromatic nitrogens is 2. The Morgan fingerprint density at radius 1 is 1.30 bits per heavy atom. The van der Waals surface area contributed by atoms with Gasteiger partial charge in [0.15, 0.2) is 0 Å². The zero-order valence-corrected chi connectivity index (χ0v) is 12.2. The van der Waals surface area contributed by atoms with Gasteiger partial charge in [-0.1, -0.05) is 0 Å². The first-order chi connectivity index (χ1) is 9.72. The fourth-order valence-electron chi connectivity index (χ4n) is 2.69. The average Bonchev–Trinajstić information content (AvgIpc) is 2.38. The molecule has 0 bridgehead atoms. The van der Waals surface area contributed by atoms with E-state index < -0.39 is 0 Å². The number of hydrogen-bond acceptors (Lipinski definition) is 6. The van der Waals surface area contributed by atoms with Crippen molar-refractivity contribution in [2.45, 2.75) is 26.0 Å². The Hall–Kier alpha value is -1.40. The summed E-state index contributed by atoms with van der Waals surface area (Å²) in [7, 11) is 0. The van der Waals surface area contributed by atoms with E-state index in [0.717, 1.165) is 45.2 Å². The lowest BCUT2D eigenvalue weighted by atomic mass is 10.1. The van der Waals surface area contributed by atoms with Crippen LogP contribution < -0.4 is 15.0 Å². The molecule has 6 heteroatoms.